The normalized spacial score (nSPS) is 13.4. The van der Waals surface area contributed by atoms with Gasteiger partial charge in [0.25, 0.3) is 0 Å². The highest BCUT2D eigenvalue weighted by atomic mass is 16.2. The van der Waals surface area contributed by atoms with E-state index < -0.39 is 0 Å². The first-order valence-electron chi connectivity index (χ1n) is 4.63. The molecule has 11 heavy (non-hydrogen) atoms. The number of unbranched alkanes of at least 4 members (excludes halogenated alkanes) is 1. The molecule has 2 nitrogen and oxygen atoms in total. The Morgan fingerprint density at radius 1 is 1.27 bits per heavy atom. The van der Waals surface area contributed by atoms with Crippen LogP contribution < -0.4 is 5.32 Å². The number of hydrogen-bond acceptors (Lipinski definition) is 2. The second kappa shape index (κ2) is 8.02. The molecule has 0 spiro atoms. The summed E-state index contributed by atoms with van der Waals surface area (Å²) in [5.74, 6) is 0. The van der Waals surface area contributed by atoms with E-state index in [1.165, 1.54) is 19.3 Å². The van der Waals surface area contributed by atoms with E-state index >= 15 is 0 Å². The maximum atomic E-state index is 8.61. The monoisotopic (exact) mass is 159 g/mol. The van der Waals surface area contributed by atoms with Crippen LogP contribution in [0.5, 0.6) is 0 Å². The second-order valence-electron chi connectivity index (χ2n) is 2.99. The Balaban J connectivity index is 3.25. The Hall–Kier alpha value is -0.0800. The fourth-order valence-electron chi connectivity index (χ4n) is 1.22. The molecular formula is C9H21NO. The summed E-state index contributed by atoms with van der Waals surface area (Å²) in [4.78, 5) is 0. The molecule has 0 aliphatic heterocycles. The first-order valence-corrected chi connectivity index (χ1v) is 4.63. The summed E-state index contributed by atoms with van der Waals surface area (Å²) < 4.78 is 0. The number of hydrogen-bond donors (Lipinski definition) is 2. The molecule has 2 heteroatoms. The molecule has 0 aliphatic carbocycles. The second-order valence-corrected chi connectivity index (χ2v) is 2.99. The Morgan fingerprint density at radius 3 is 2.36 bits per heavy atom. The lowest BCUT2D eigenvalue weighted by atomic mass is 10.1. The van der Waals surface area contributed by atoms with Crippen molar-refractivity contribution in [1.29, 1.82) is 0 Å². The Bertz CT molecular complexity index is 68.0. The molecular weight excluding hydrogens is 138 g/mol. The van der Waals surface area contributed by atoms with Crippen LogP contribution in [-0.2, 0) is 0 Å². The molecule has 0 saturated carbocycles. The van der Waals surface area contributed by atoms with Gasteiger partial charge in [-0.2, -0.15) is 0 Å². The minimum Gasteiger partial charge on any atom is -0.396 e. The zero-order valence-corrected chi connectivity index (χ0v) is 7.77. The molecule has 68 valence electrons. The zero-order chi connectivity index (χ0) is 8.53. The van der Waals surface area contributed by atoms with Crippen LogP contribution in [0, 0.1) is 0 Å². The van der Waals surface area contributed by atoms with Gasteiger partial charge in [0.05, 0.1) is 0 Å². The molecule has 0 fully saturated rings. The van der Waals surface area contributed by atoms with Gasteiger partial charge in [0, 0.05) is 12.6 Å². The van der Waals surface area contributed by atoms with Crippen LogP contribution in [0.15, 0.2) is 0 Å². The van der Waals surface area contributed by atoms with Crippen molar-refractivity contribution in [2.24, 2.45) is 0 Å². The fraction of sp³-hybridized carbons (Fsp3) is 1.00. The summed E-state index contributed by atoms with van der Waals surface area (Å²) in [5, 5.41) is 11.9. The van der Waals surface area contributed by atoms with Gasteiger partial charge in [-0.05, 0) is 26.3 Å². The van der Waals surface area contributed by atoms with E-state index in [9.17, 15) is 0 Å². The Morgan fingerprint density at radius 2 is 1.91 bits per heavy atom. The van der Waals surface area contributed by atoms with Crippen molar-refractivity contribution in [2.75, 3.05) is 13.7 Å². The van der Waals surface area contributed by atoms with E-state index in [2.05, 4.69) is 12.2 Å². The predicted molar refractivity (Wildman–Crippen MR) is 48.7 cm³/mol. The highest BCUT2D eigenvalue weighted by Gasteiger charge is 2.03. The minimum absolute atomic E-state index is 0.324. The standard InChI is InChI=1S/C9H21NO/c1-3-4-6-9(10-2)7-5-8-11/h9-11H,3-8H2,1-2H3/t9-/m1/s1. The molecule has 0 saturated heterocycles. The van der Waals surface area contributed by atoms with Gasteiger partial charge in [0.15, 0.2) is 0 Å². The third-order valence-corrected chi connectivity index (χ3v) is 2.03. The number of aliphatic hydroxyl groups excluding tert-OH is 1. The number of aliphatic hydroxyl groups is 1. The van der Waals surface area contributed by atoms with Gasteiger partial charge in [-0.25, -0.2) is 0 Å². The van der Waals surface area contributed by atoms with Crippen molar-refractivity contribution >= 4 is 0 Å². The van der Waals surface area contributed by atoms with Gasteiger partial charge in [-0.3, -0.25) is 0 Å². The summed E-state index contributed by atoms with van der Waals surface area (Å²) >= 11 is 0. The van der Waals surface area contributed by atoms with Gasteiger partial charge in [-0.15, -0.1) is 0 Å². The van der Waals surface area contributed by atoms with E-state index in [1.54, 1.807) is 0 Å². The van der Waals surface area contributed by atoms with Crippen LogP contribution in [0.4, 0.5) is 0 Å². The summed E-state index contributed by atoms with van der Waals surface area (Å²) in [7, 11) is 2.00. The van der Waals surface area contributed by atoms with Crippen LogP contribution in [0.3, 0.4) is 0 Å². The van der Waals surface area contributed by atoms with Crippen LogP contribution in [-0.4, -0.2) is 24.8 Å². The van der Waals surface area contributed by atoms with Crippen LogP contribution in [0.1, 0.15) is 39.0 Å². The summed E-state index contributed by atoms with van der Waals surface area (Å²) in [6.45, 7) is 2.53. The molecule has 0 aromatic rings. The van der Waals surface area contributed by atoms with E-state index in [0.29, 0.717) is 12.6 Å². The molecule has 0 bridgehead atoms. The molecule has 2 N–H and O–H groups in total. The highest BCUT2D eigenvalue weighted by molar-refractivity contribution is 4.63. The van der Waals surface area contributed by atoms with E-state index in [0.717, 1.165) is 12.8 Å². The van der Waals surface area contributed by atoms with Gasteiger partial charge >= 0.3 is 0 Å². The molecule has 1 atom stereocenters. The average molecular weight is 159 g/mol. The van der Waals surface area contributed by atoms with Crippen molar-refractivity contribution in [1.82, 2.24) is 5.32 Å². The summed E-state index contributed by atoms with van der Waals surface area (Å²) in [5.41, 5.74) is 0. The maximum absolute atomic E-state index is 8.61. The van der Waals surface area contributed by atoms with E-state index in [1.807, 2.05) is 7.05 Å². The third kappa shape index (κ3) is 6.32. The van der Waals surface area contributed by atoms with Crippen molar-refractivity contribution < 1.29 is 5.11 Å². The van der Waals surface area contributed by atoms with Crippen LogP contribution in [0.25, 0.3) is 0 Å². The molecule has 0 aliphatic rings. The first-order chi connectivity index (χ1) is 5.35. The molecule has 0 rings (SSSR count). The largest absolute Gasteiger partial charge is 0.396 e. The molecule has 0 unspecified atom stereocenters. The lowest BCUT2D eigenvalue weighted by Crippen LogP contribution is -2.25. The van der Waals surface area contributed by atoms with Crippen molar-refractivity contribution in [3.8, 4) is 0 Å². The van der Waals surface area contributed by atoms with Crippen molar-refractivity contribution in [3.05, 3.63) is 0 Å². The third-order valence-electron chi connectivity index (χ3n) is 2.03. The van der Waals surface area contributed by atoms with Crippen LogP contribution in [0.2, 0.25) is 0 Å². The lowest BCUT2D eigenvalue weighted by Gasteiger charge is -2.14. The highest BCUT2D eigenvalue weighted by Crippen LogP contribution is 2.05. The van der Waals surface area contributed by atoms with E-state index in [4.69, 9.17) is 5.11 Å². The van der Waals surface area contributed by atoms with Gasteiger partial charge in [-0.1, -0.05) is 19.8 Å². The Labute approximate surface area is 70.0 Å². The van der Waals surface area contributed by atoms with Gasteiger partial charge in [0.2, 0.25) is 0 Å². The zero-order valence-electron chi connectivity index (χ0n) is 7.77. The lowest BCUT2D eigenvalue weighted by molar-refractivity contribution is 0.274. The minimum atomic E-state index is 0.324. The first kappa shape index (κ1) is 10.9. The average Bonchev–Trinajstić information content (AvgIpc) is 2.05. The van der Waals surface area contributed by atoms with Crippen LogP contribution >= 0.6 is 0 Å². The number of nitrogens with one attached hydrogen (secondary N) is 1. The summed E-state index contributed by atoms with van der Waals surface area (Å²) in [6, 6.07) is 0.613. The topological polar surface area (TPSA) is 32.3 Å². The number of rotatable bonds is 7. The summed E-state index contributed by atoms with van der Waals surface area (Å²) in [6.07, 6.45) is 5.82. The quantitative estimate of drug-likeness (QED) is 0.590. The Kier molecular flexibility index (Phi) is 7.96. The van der Waals surface area contributed by atoms with Crippen molar-refractivity contribution in [3.63, 3.8) is 0 Å². The van der Waals surface area contributed by atoms with Crippen molar-refractivity contribution in [2.45, 2.75) is 45.1 Å². The maximum Gasteiger partial charge on any atom is 0.0431 e. The molecule has 0 aromatic carbocycles. The molecule has 0 amide bonds. The SMILES string of the molecule is CCCC[C@H](CCCO)NC. The van der Waals surface area contributed by atoms with E-state index in [-0.39, 0.29) is 0 Å². The van der Waals surface area contributed by atoms with Gasteiger partial charge < -0.3 is 10.4 Å². The fourth-order valence-corrected chi connectivity index (χ4v) is 1.22. The molecule has 0 heterocycles. The predicted octanol–water partition coefficient (Wildman–Crippen LogP) is 1.54. The smallest absolute Gasteiger partial charge is 0.0431 e. The van der Waals surface area contributed by atoms with Gasteiger partial charge in [0.1, 0.15) is 0 Å². The molecule has 0 radical (unpaired) electrons. The molecule has 0 aromatic heterocycles.